The molecule has 0 spiro atoms. The lowest BCUT2D eigenvalue weighted by atomic mass is 9.78. The molecule has 1 aliphatic rings. The van der Waals surface area contributed by atoms with Crippen molar-refractivity contribution in [2.75, 3.05) is 18.6 Å². The van der Waals surface area contributed by atoms with E-state index in [9.17, 15) is 14.4 Å². The van der Waals surface area contributed by atoms with Crippen molar-refractivity contribution in [3.63, 3.8) is 0 Å². The second-order valence-corrected chi connectivity index (χ2v) is 6.86. The summed E-state index contributed by atoms with van der Waals surface area (Å²) in [6.07, 6.45) is 1.18. The molecular formula is C23H25NO5. The molecule has 2 aromatic rings. The van der Waals surface area contributed by atoms with Crippen molar-refractivity contribution in [2.45, 2.75) is 32.2 Å². The van der Waals surface area contributed by atoms with E-state index in [0.29, 0.717) is 36.4 Å². The Morgan fingerprint density at radius 2 is 1.72 bits per heavy atom. The summed E-state index contributed by atoms with van der Waals surface area (Å²) in [5.41, 5.74) is 1.14. The van der Waals surface area contributed by atoms with Gasteiger partial charge in [-0.25, -0.2) is 0 Å². The Hall–Kier alpha value is -3.15. The second-order valence-electron chi connectivity index (χ2n) is 6.86. The molecule has 2 atom stereocenters. The highest BCUT2D eigenvalue weighted by molar-refractivity contribution is 6.17. The average molecular weight is 395 g/mol. The number of methoxy groups -OCH3 is 1. The van der Waals surface area contributed by atoms with Crippen LogP contribution in [0.15, 0.2) is 54.6 Å². The van der Waals surface area contributed by atoms with Gasteiger partial charge in [-0.05, 0) is 31.9 Å². The number of ketones is 1. The second kappa shape index (κ2) is 9.37. The van der Waals surface area contributed by atoms with E-state index in [1.807, 2.05) is 18.2 Å². The molecule has 0 aromatic heterocycles. The molecule has 0 saturated carbocycles. The Bertz CT molecular complexity index is 880. The van der Waals surface area contributed by atoms with Crippen LogP contribution in [0.4, 0.5) is 5.69 Å². The van der Waals surface area contributed by atoms with E-state index in [-0.39, 0.29) is 24.1 Å². The number of carbonyl (C=O) groups excluding carboxylic acids is 3. The third-order valence-corrected chi connectivity index (χ3v) is 5.09. The fourth-order valence-electron chi connectivity index (χ4n) is 3.70. The molecule has 3 rings (SSSR count). The van der Waals surface area contributed by atoms with Crippen molar-refractivity contribution in [3.8, 4) is 5.75 Å². The lowest BCUT2D eigenvalue weighted by molar-refractivity contribution is -0.143. The van der Waals surface area contributed by atoms with E-state index in [2.05, 4.69) is 0 Å². The van der Waals surface area contributed by atoms with Gasteiger partial charge >= 0.3 is 5.97 Å². The van der Waals surface area contributed by atoms with Gasteiger partial charge in [-0.15, -0.1) is 0 Å². The van der Waals surface area contributed by atoms with Gasteiger partial charge in [0.15, 0.2) is 5.78 Å². The number of anilines is 1. The van der Waals surface area contributed by atoms with Gasteiger partial charge in [0.25, 0.3) is 0 Å². The van der Waals surface area contributed by atoms with Crippen LogP contribution < -0.4 is 9.64 Å². The first kappa shape index (κ1) is 20.6. The first-order valence-corrected chi connectivity index (χ1v) is 9.79. The van der Waals surface area contributed by atoms with Crippen LogP contribution in [-0.2, 0) is 14.3 Å². The predicted octanol–water partition coefficient (Wildman–Crippen LogP) is 3.64. The van der Waals surface area contributed by atoms with Crippen LogP contribution in [0.3, 0.4) is 0 Å². The van der Waals surface area contributed by atoms with Crippen molar-refractivity contribution < 1.29 is 23.9 Å². The maximum atomic E-state index is 13.2. The van der Waals surface area contributed by atoms with E-state index < -0.39 is 12.0 Å². The number of hydrogen-bond acceptors (Lipinski definition) is 5. The maximum Gasteiger partial charge on any atom is 0.305 e. The first-order valence-electron chi connectivity index (χ1n) is 9.79. The van der Waals surface area contributed by atoms with Gasteiger partial charge in [0, 0.05) is 12.0 Å². The van der Waals surface area contributed by atoms with Gasteiger partial charge in [-0.1, -0.05) is 42.5 Å². The molecule has 6 nitrogen and oxygen atoms in total. The Balaban J connectivity index is 1.84. The normalized spacial score (nSPS) is 18.1. The Morgan fingerprint density at radius 3 is 2.41 bits per heavy atom. The van der Waals surface area contributed by atoms with Crippen molar-refractivity contribution >= 4 is 23.3 Å². The third-order valence-electron chi connectivity index (χ3n) is 5.09. The number of carbonyl (C=O) groups is 3. The van der Waals surface area contributed by atoms with E-state index in [4.69, 9.17) is 9.47 Å². The van der Waals surface area contributed by atoms with E-state index >= 15 is 0 Å². The summed E-state index contributed by atoms with van der Waals surface area (Å²) in [6, 6.07) is 15.5. The van der Waals surface area contributed by atoms with Gasteiger partial charge < -0.3 is 9.47 Å². The zero-order valence-corrected chi connectivity index (χ0v) is 16.7. The predicted molar refractivity (Wildman–Crippen MR) is 109 cm³/mol. The highest BCUT2D eigenvalue weighted by Crippen LogP contribution is 2.41. The van der Waals surface area contributed by atoms with Crippen LogP contribution in [0.25, 0.3) is 0 Å². The van der Waals surface area contributed by atoms with Crippen LogP contribution in [0.5, 0.6) is 5.75 Å². The molecule has 0 N–H and O–H groups in total. The smallest absolute Gasteiger partial charge is 0.305 e. The van der Waals surface area contributed by atoms with Crippen molar-refractivity contribution in [1.29, 1.82) is 0 Å². The molecule has 0 radical (unpaired) electrons. The number of hydrogen-bond donors (Lipinski definition) is 0. The molecular weight excluding hydrogens is 370 g/mol. The molecule has 29 heavy (non-hydrogen) atoms. The van der Waals surface area contributed by atoms with Crippen molar-refractivity contribution in [3.05, 3.63) is 60.2 Å². The molecule has 0 aliphatic carbocycles. The third kappa shape index (κ3) is 4.31. The van der Waals surface area contributed by atoms with Gasteiger partial charge in [0.1, 0.15) is 11.8 Å². The fourth-order valence-corrected chi connectivity index (χ4v) is 3.70. The van der Waals surface area contributed by atoms with Crippen molar-refractivity contribution in [2.24, 2.45) is 5.92 Å². The molecule has 1 heterocycles. The standard InChI is InChI=1S/C23H25NO5/c1-3-29-20(25)15-9-12-17-21(22(26)16-10-5-4-6-11-16)24(23(17)27)18-13-7-8-14-19(18)28-2/h4-8,10-11,13-14,17,21H,3,9,12,15H2,1-2H3/t17-,21-/m0/s1. The summed E-state index contributed by atoms with van der Waals surface area (Å²) in [5.74, 6) is -0.463. The van der Waals surface area contributed by atoms with E-state index in [0.717, 1.165) is 0 Å². The van der Waals surface area contributed by atoms with E-state index in [1.54, 1.807) is 43.3 Å². The number of ether oxygens (including phenoxy) is 2. The number of rotatable bonds is 9. The number of amides is 1. The summed E-state index contributed by atoms with van der Waals surface area (Å²) < 4.78 is 10.3. The number of Topliss-reactive ketones (excluding diaryl/α,β-unsaturated/α-hetero) is 1. The van der Waals surface area contributed by atoms with Gasteiger partial charge in [0.2, 0.25) is 5.91 Å². The minimum atomic E-state index is -0.622. The summed E-state index contributed by atoms with van der Waals surface area (Å²) in [5, 5.41) is 0. The SMILES string of the molecule is CCOC(=O)CCC[C@@H]1C(=O)N(c2ccccc2OC)[C@@H]1C(=O)c1ccccc1. The van der Waals surface area contributed by atoms with Crippen LogP contribution in [0, 0.1) is 5.92 Å². The number of β-lactam (4-membered cyclic amide) rings is 1. The molecule has 1 saturated heterocycles. The topological polar surface area (TPSA) is 72.9 Å². The van der Waals surface area contributed by atoms with Crippen LogP contribution in [-0.4, -0.2) is 37.4 Å². The fraction of sp³-hybridized carbons (Fsp3) is 0.348. The molecule has 6 heteroatoms. The summed E-state index contributed by atoms with van der Waals surface area (Å²) >= 11 is 0. The Labute approximate surface area is 170 Å². The molecule has 152 valence electrons. The average Bonchev–Trinajstić information content (AvgIpc) is 2.75. The first-order chi connectivity index (χ1) is 14.1. The maximum absolute atomic E-state index is 13.2. The highest BCUT2D eigenvalue weighted by Gasteiger charge is 2.52. The lowest BCUT2D eigenvalue weighted by Crippen LogP contribution is -2.64. The number of esters is 1. The summed E-state index contributed by atoms with van der Waals surface area (Å²) in [7, 11) is 1.54. The van der Waals surface area contributed by atoms with E-state index in [1.165, 1.54) is 12.0 Å². The molecule has 1 amide bonds. The molecule has 0 unspecified atom stereocenters. The molecule has 1 aliphatic heterocycles. The van der Waals surface area contributed by atoms with Crippen LogP contribution in [0.2, 0.25) is 0 Å². The Morgan fingerprint density at radius 1 is 1.03 bits per heavy atom. The molecule has 1 fully saturated rings. The van der Waals surface area contributed by atoms with Crippen LogP contribution >= 0.6 is 0 Å². The summed E-state index contributed by atoms with van der Waals surface area (Å²) in [6.45, 7) is 2.09. The largest absolute Gasteiger partial charge is 0.495 e. The number of nitrogens with zero attached hydrogens (tertiary/aromatic N) is 1. The zero-order valence-electron chi connectivity index (χ0n) is 16.7. The highest BCUT2D eigenvalue weighted by atomic mass is 16.5. The van der Waals surface area contributed by atoms with Gasteiger partial charge in [-0.2, -0.15) is 0 Å². The monoisotopic (exact) mass is 395 g/mol. The molecule has 0 bridgehead atoms. The number of para-hydroxylation sites is 2. The number of benzene rings is 2. The minimum absolute atomic E-state index is 0.114. The minimum Gasteiger partial charge on any atom is -0.495 e. The van der Waals surface area contributed by atoms with Gasteiger partial charge in [-0.3, -0.25) is 19.3 Å². The summed E-state index contributed by atoms with van der Waals surface area (Å²) in [4.78, 5) is 39.4. The molecule has 2 aromatic carbocycles. The van der Waals surface area contributed by atoms with Gasteiger partial charge in [0.05, 0.1) is 25.3 Å². The quantitative estimate of drug-likeness (QED) is 0.368. The van der Waals surface area contributed by atoms with Crippen LogP contribution in [0.1, 0.15) is 36.5 Å². The van der Waals surface area contributed by atoms with Crippen molar-refractivity contribution in [1.82, 2.24) is 0 Å². The lowest BCUT2D eigenvalue weighted by Gasteiger charge is -2.46. The zero-order chi connectivity index (χ0) is 20.8. The Kier molecular flexibility index (Phi) is 6.65.